The maximum atomic E-state index is 12.9. The molecule has 2 aliphatic rings. The largest absolute Gasteiger partial charge is 0.387 e. The van der Waals surface area contributed by atoms with Crippen molar-refractivity contribution in [3.05, 3.63) is 42.5 Å². The average Bonchev–Trinajstić information content (AvgIpc) is 3.58. The first-order valence-electron chi connectivity index (χ1n) is 12.4. The fourth-order valence-electron chi connectivity index (χ4n) is 6.02. The Kier molecular flexibility index (Phi) is 5.72. The number of aliphatic hydroxyl groups excluding tert-OH is 1. The summed E-state index contributed by atoms with van der Waals surface area (Å²) in [5.41, 5.74) is 10.2. The van der Waals surface area contributed by atoms with Crippen molar-refractivity contribution in [2.75, 3.05) is 18.6 Å². The van der Waals surface area contributed by atoms with Gasteiger partial charge in [0.2, 0.25) is 5.91 Å². The van der Waals surface area contributed by atoms with E-state index in [1.54, 1.807) is 22.0 Å². The van der Waals surface area contributed by atoms with Gasteiger partial charge in [0.15, 0.2) is 15.5 Å². The molecule has 12 nitrogen and oxygen atoms in total. The van der Waals surface area contributed by atoms with Crippen LogP contribution in [0.15, 0.2) is 41.7 Å². The zero-order valence-corrected chi connectivity index (χ0v) is 21.8. The van der Waals surface area contributed by atoms with Crippen LogP contribution in [0.4, 0.5) is 5.82 Å². The van der Waals surface area contributed by atoms with Crippen molar-refractivity contribution in [2.24, 2.45) is 7.05 Å². The number of piperidine rings is 1. The molecule has 2 atom stereocenters. The summed E-state index contributed by atoms with van der Waals surface area (Å²) in [5.74, 6) is -0.486. The number of aromatic nitrogens is 6. The molecule has 4 aromatic rings. The Hall–Kier alpha value is -3.84. The van der Waals surface area contributed by atoms with Crippen molar-refractivity contribution >= 4 is 27.2 Å². The van der Waals surface area contributed by atoms with Crippen molar-refractivity contribution in [2.45, 2.75) is 48.6 Å². The average molecular weight is 537 g/mol. The number of aliphatic hydroxyl groups is 1. The lowest BCUT2D eigenvalue weighted by Gasteiger charge is -2.39. The summed E-state index contributed by atoms with van der Waals surface area (Å²) in [7, 11) is -1.89. The number of amides is 1. The van der Waals surface area contributed by atoms with Gasteiger partial charge in [0.05, 0.1) is 17.6 Å². The number of pyridine rings is 1. The Labute approximate surface area is 219 Å². The number of aryl methyl sites for hydroxylation is 1. The minimum Gasteiger partial charge on any atom is -0.387 e. The number of anilines is 1. The van der Waals surface area contributed by atoms with Gasteiger partial charge in [0.1, 0.15) is 23.0 Å². The molecule has 6 rings (SSSR count). The summed E-state index contributed by atoms with van der Waals surface area (Å²) in [6, 6.07) is 5.50. The SMILES string of the molecule is Cn1ccc(-c2ccc(-c3cnn4c(N)c(S(C)(=O)=O)c(C5CC6CCC(C5)N6C(=O)CO)nc34)cn2)n1. The number of rotatable bonds is 5. The molecule has 2 aliphatic heterocycles. The third-order valence-corrected chi connectivity index (χ3v) is 8.79. The number of nitrogen functional groups attached to an aromatic ring is 1. The molecule has 4 aromatic heterocycles. The normalized spacial score (nSPS) is 21.3. The van der Waals surface area contributed by atoms with Crippen LogP contribution in [0.5, 0.6) is 0 Å². The molecule has 0 aromatic carbocycles. The van der Waals surface area contributed by atoms with Crippen LogP contribution in [0, 0.1) is 0 Å². The molecule has 2 unspecified atom stereocenters. The Morgan fingerprint density at radius 2 is 1.87 bits per heavy atom. The van der Waals surface area contributed by atoms with Gasteiger partial charge in [0.25, 0.3) is 0 Å². The molecule has 2 bridgehead atoms. The van der Waals surface area contributed by atoms with Gasteiger partial charge in [-0.1, -0.05) is 6.07 Å². The van der Waals surface area contributed by atoms with E-state index in [9.17, 15) is 18.3 Å². The van der Waals surface area contributed by atoms with Gasteiger partial charge in [-0.25, -0.2) is 13.4 Å². The molecule has 13 heteroatoms. The first kappa shape index (κ1) is 24.5. The number of carbonyl (C=O) groups excluding carboxylic acids is 1. The topological polar surface area (TPSA) is 162 Å². The van der Waals surface area contributed by atoms with E-state index < -0.39 is 16.4 Å². The molecule has 0 spiro atoms. The lowest BCUT2D eigenvalue weighted by Crippen LogP contribution is -2.47. The summed E-state index contributed by atoms with van der Waals surface area (Å²) in [6.45, 7) is -0.532. The minimum atomic E-state index is -3.73. The van der Waals surface area contributed by atoms with Gasteiger partial charge in [0, 0.05) is 54.8 Å². The van der Waals surface area contributed by atoms with E-state index in [0.29, 0.717) is 29.7 Å². The number of hydrogen-bond donors (Lipinski definition) is 2. The van der Waals surface area contributed by atoms with Gasteiger partial charge < -0.3 is 15.7 Å². The highest BCUT2D eigenvalue weighted by Crippen LogP contribution is 2.45. The van der Waals surface area contributed by atoms with Crippen molar-refractivity contribution in [1.82, 2.24) is 34.3 Å². The fourth-order valence-corrected chi connectivity index (χ4v) is 7.08. The van der Waals surface area contributed by atoms with Crippen LogP contribution in [0.2, 0.25) is 0 Å². The quantitative estimate of drug-likeness (QED) is 0.384. The van der Waals surface area contributed by atoms with Crippen molar-refractivity contribution in [1.29, 1.82) is 0 Å². The molecule has 2 saturated heterocycles. The van der Waals surface area contributed by atoms with Crippen LogP contribution in [0.3, 0.4) is 0 Å². The van der Waals surface area contributed by atoms with E-state index in [4.69, 9.17) is 10.7 Å². The Morgan fingerprint density at radius 1 is 1.13 bits per heavy atom. The van der Waals surface area contributed by atoms with Gasteiger partial charge in [-0.2, -0.15) is 14.7 Å². The predicted molar refractivity (Wildman–Crippen MR) is 139 cm³/mol. The first-order valence-corrected chi connectivity index (χ1v) is 14.3. The highest BCUT2D eigenvalue weighted by Gasteiger charge is 2.45. The summed E-state index contributed by atoms with van der Waals surface area (Å²) in [4.78, 5) is 23.5. The smallest absolute Gasteiger partial charge is 0.248 e. The molecular formula is C25H28N8O4S. The summed E-state index contributed by atoms with van der Waals surface area (Å²) < 4.78 is 28.9. The van der Waals surface area contributed by atoms with Crippen LogP contribution in [-0.4, -0.2) is 78.6 Å². The minimum absolute atomic E-state index is 0.0121. The Balaban J connectivity index is 1.44. The number of hydrogen-bond acceptors (Lipinski definition) is 9. The van der Waals surface area contributed by atoms with E-state index in [2.05, 4.69) is 15.2 Å². The lowest BCUT2D eigenvalue weighted by atomic mass is 9.87. The zero-order valence-electron chi connectivity index (χ0n) is 21.0. The summed E-state index contributed by atoms with van der Waals surface area (Å²) in [6.07, 6.45) is 9.02. The summed E-state index contributed by atoms with van der Waals surface area (Å²) >= 11 is 0. The van der Waals surface area contributed by atoms with Crippen molar-refractivity contribution in [3.63, 3.8) is 0 Å². The lowest BCUT2D eigenvalue weighted by molar-refractivity contribution is -0.138. The molecule has 2 fully saturated rings. The van der Waals surface area contributed by atoms with Gasteiger partial charge in [-0.15, -0.1) is 0 Å². The molecule has 198 valence electrons. The first-order chi connectivity index (χ1) is 18.2. The van der Waals surface area contributed by atoms with E-state index in [1.807, 2.05) is 31.4 Å². The number of nitrogens with two attached hydrogens (primary N) is 1. The van der Waals surface area contributed by atoms with E-state index in [-0.39, 0.29) is 34.6 Å². The highest BCUT2D eigenvalue weighted by atomic mass is 32.2. The molecule has 3 N–H and O–H groups in total. The zero-order chi connectivity index (χ0) is 26.8. The second-order valence-electron chi connectivity index (χ2n) is 10.1. The monoisotopic (exact) mass is 536 g/mol. The number of fused-ring (bicyclic) bond motifs is 3. The second-order valence-corrected chi connectivity index (χ2v) is 12.0. The second kappa shape index (κ2) is 8.88. The molecular weight excluding hydrogens is 508 g/mol. The molecule has 0 saturated carbocycles. The number of nitrogens with zero attached hydrogens (tertiary/aromatic N) is 7. The van der Waals surface area contributed by atoms with E-state index in [0.717, 1.165) is 36.0 Å². The van der Waals surface area contributed by atoms with Crippen LogP contribution in [0.25, 0.3) is 28.2 Å². The van der Waals surface area contributed by atoms with Crippen LogP contribution in [0.1, 0.15) is 37.3 Å². The maximum absolute atomic E-state index is 12.9. The number of sulfone groups is 1. The Bertz CT molecular complexity index is 1650. The van der Waals surface area contributed by atoms with E-state index >= 15 is 0 Å². The third-order valence-electron chi connectivity index (χ3n) is 7.63. The standard InChI is InChI=1S/C25H28N8O4S/c1-31-8-7-20(30-31)19-6-3-14(11-27-19)18-12-28-33-24(26)23(38(2,36)37)22(29-25(18)33)15-9-16-4-5-17(10-15)32(16)21(35)13-34/h3,6-8,11-12,15-17,34H,4-5,9-10,13,26H2,1-2H3. The van der Waals surface area contributed by atoms with Gasteiger partial charge in [-0.3, -0.25) is 14.5 Å². The molecule has 38 heavy (non-hydrogen) atoms. The number of carbonyl (C=O) groups is 1. The highest BCUT2D eigenvalue weighted by molar-refractivity contribution is 7.91. The molecule has 0 radical (unpaired) electrons. The van der Waals surface area contributed by atoms with Crippen molar-refractivity contribution < 1.29 is 18.3 Å². The maximum Gasteiger partial charge on any atom is 0.248 e. The van der Waals surface area contributed by atoms with Crippen molar-refractivity contribution in [3.8, 4) is 22.5 Å². The molecule has 0 aliphatic carbocycles. The third kappa shape index (κ3) is 3.93. The predicted octanol–water partition coefficient (Wildman–Crippen LogP) is 1.41. The fraction of sp³-hybridized carbons (Fsp3) is 0.400. The molecule has 1 amide bonds. The van der Waals surface area contributed by atoms with Gasteiger partial charge in [-0.05, 0) is 37.8 Å². The molecule has 6 heterocycles. The van der Waals surface area contributed by atoms with E-state index in [1.165, 1.54) is 4.52 Å². The van der Waals surface area contributed by atoms with Crippen LogP contribution < -0.4 is 5.73 Å². The van der Waals surface area contributed by atoms with Gasteiger partial charge >= 0.3 is 0 Å². The Morgan fingerprint density at radius 3 is 2.45 bits per heavy atom. The summed E-state index contributed by atoms with van der Waals surface area (Å²) in [5, 5.41) is 18.2. The van der Waals surface area contributed by atoms with Crippen LogP contribution in [-0.2, 0) is 21.7 Å². The van der Waals surface area contributed by atoms with Crippen LogP contribution >= 0.6 is 0 Å².